The molecule has 0 aliphatic carbocycles. The van der Waals surface area contributed by atoms with E-state index < -0.39 is 35.1 Å². The van der Waals surface area contributed by atoms with Crippen LogP contribution < -0.4 is 5.56 Å². The molecule has 27 heavy (non-hydrogen) atoms. The molecule has 150 valence electrons. The maximum atomic E-state index is 12.8. The van der Waals surface area contributed by atoms with Gasteiger partial charge in [0, 0.05) is 19.6 Å². The lowest BCUT2D eigenvalue weighted by Gasteiger charge is -2.23. The summed E-state index contributed by atoms with van der Waals surface area (Å²) in [5.41, 5.74) is -1.33. The first-order valence-electron chi connectivity index (χ1n) is 8.01. The smallest absolute Gasteiger partial charge is 0.449 e. The van der Waals surface area contributed by atoms with Crippen molar-refractivity contribution in [3.8, 4) is 5.88 Å². The quantitative estimate of drug-likeness (QED) is 0.300. The van der Waals surface area contributed by atoms with Gasteiger partial charge in [-0.25, -0.2) is 0 Å². The summed E-state index contributed by atoms with van der Waals surface area (Å²) in [4.78, 5) is 12.7. The van der Waals surface area contributed by atoms with Crippen molar-refractivity contribution in [1.82, 2.24) is 14.0 Å². The minimum Gasteiger partial charge on any atom is -0.493 e. The van der Waals surface area contributed by atoms with E-state index in [1.165, 1.54) is 4.57 Å². The van der Waals surface area contributed by atoms with Gasteiger partial charge >= 0.3 is 6.18 Å². The van der Waals surface area contributed by atoms with E-state index in [4.69, 9.17) is 23.0 Å². The molecule has 0 fully saturated rings. The van der Waals surface area contributed by atoms with E-state index >= 15 is 0 Å². The van der Waals surface area contributed by atoms with Crippen LogP contribution in [0.3, 0.4) is 0 Å². The number of aromatic hydroxyl groups is 1. The van der Waals surface area contributed by atoms with E-state index in [1.807, 2.05) is 0 Å². The molecule has 0 amide bonds. The van der Waals surface area contributed by atoms with Gasteiger partial charge in [-0.3, -0.25) is 29.6 Å². The second-order valence-corrected chi connectivity index (χ2v) is 5.64. The summed E-state index contributed by atoms with van der Waals surface area (Å²) < 4.78 is 40.7. The van der Waals surface area contributed by atoms with Crippen LogP contribution >= 0.6 is 12.2 Å². The normalized spacial score (nSPS) is 11.8. The number of halogens is 3. The van der Waals surface area contributed by atoms with Gasteiger partial charge in [0.1, 0.15) is 0 Å². The highest BCUT2D eigenvalue weighted by Gasteiger charge is 2.39. The van der Waals surface area contributed by atoms with Crippen molar-refractivity contribution >= 4 is 29.7 Å². The fourth-order valence-corrected chi connectivity index (χ4v) is 2.61. The van der Waals surface area contributed by atoms with Gasteiger partial charge in [0.2, 0.25) is 23.4 Å². The monoisotopic (exact) mass is 407 g/mol. The zero-order valence-electron chi connectivity index (χ0n) is 15.0. The van der Waals surface area contributed by atoms with Crippen molar-refractivity contribution in [2.24, 2.45) is 10.2 Å². The average molecular weight is 407 g/mol. The minimum atomic E-state index is -4.97. The van der Waals surface area contributed by atoms with Gasteiger partial charge in [-0.05, 0) is 32.5 Å². The molecule has 0 saturated heterocycles. The Balaban J connectivity index is 3.40. The maximum Gasteiger partial charge on any atom is 0.449 e. The van der Waals surface area contributed by atoms with Crippen LogP contribution in [0.5, 0.6) is 5.88 Å². The van der Waals surface area contributed by atoms with Crippen LogP contribution in [0.15, 0.2) is 15.0 Å². The minimum absolute atomic E-state index is 0.0583. The zero-order valence-corrected chi connectivity index (χ0v) is 15.8. The molecule has 0 aliphatic heterocycles. The molecule has 0 spiro atoms. The number of azo groups is 1. The Hall–Kier alpha value is -2.57. The van der Waals surface area contributed by atoms with Crippen molar-refractivity contribution in [3.63, 3.8) is 0 Å². The Morgan fingerprint density at radius 2 is 1.78 bits per heavy atom. The van der Waals surface area contributed by atoms with Gasteiger partial charge in [-0.2, -0.15) is 13.2 Å². The molecule has 1 aromatic heterocycles. The Morgan fingerprint density at radius 1 is 1.22 bits per heavy atom. The lowest BCUT2D eigenvalue weighted by Crippen LogP contribution is -2.43. The van der Waals surface area contributed by atoms with Gasteiger partial charge < -0.3 is 5.11 Å². The van der Waals surface area contributed by atoms with E-state index in [1.54, 1.807) is 20.8 Å². The molecule has 1 heterocycles. The number of hydrogen-bond acceptors (Lipinski definition) is 6. The van der Waals surface area contributed by atoms with Gasteiger partial charge in [-0.15, -0.1) is 10.2 Å². The maximum absolute atomic E-state index is 12.8. The third-order valence-electron chi connectivity index (χ3n) is 3.50. The zero-order chi connectivity index (χ0) is 20.9. The highest BCUT2D eigenvalue weighted by molar-refractivity contribution is 7.71. The number of rotatable bonds is 5. The number of aromatic nitrogens is 2. The van der Waals surface area contributed by atoms with Crippen LogP contribution in [0, 0.1) is 15.6 Å². The molecular weight excluding hydrogens is 387 g/mol. The number of hydrogen-bond donors (Lipinski definition) is 3. The Morgan fingerprint density at radius 3 is 2.22 bits per heavy atom. The number of guanidine groups is 1. The number of nitrogens with one attached hydrogen (secondary N) is 2. The van der Waals surface area contributed by atoms with Crippen molar-refractivity contribution < 1.29 is 18.3 Å². The van der Waals surface area contributed by atoms with E-state index in [0.29, 0.717) is 4.90 Å². The largest absolute Gasteiger partial charge is 0.493 e. The van der Waals surface area contributed by atoms with E-state index in [0.717, 1.165) is 4.57 Å². The fourth-order valence-electron chi connectivity index (χ4n) is 2.18. The molecule has 0 atom stereocenters. The summed E-state index contributed by atoms with van der Waals surface area (Å²) in [5, 5.41) is 31.9. The summed E-state index contributed by atoms with van der Waals surface area (Å²) in [7, 11) is 0. The van der Waals surface area contributed by atoms with E-state index in [-0.39, 0.29) is 30.8 Å². The molecule has 0 saturated carbocycles. The second kappa shape index (κ2) is 8.88. The molecule has 0 unspecified atom stereocenters. The number of amidine groups is 1. The third-order valence-corrected chi connectivity index (χ3v) is 3.94. The Kier molecular flexibility index (Phi) is 7.39. The average Bonchev–Trinajstić information content (AvgIpc) is 2.58. The van der Waals surface area contributed by atoms with Crippen LogP contribution in [-0.4, -0.2) is 43.7 Å². The second-order valence-electron chi connectivity index (χ2n) is 5.27. The fraction of sp³-hybridized carbons (Fsp3) is 0.571. The summed E-state index contributed by atoms with van der Waals surface area (Å²) in [5.74, 6) is -3.35. The Bertz CT molecular complexity index is 873. The van der Waals surface area contributed by atoms with Crippen molar-refractivity contribution in [2.45, 2.75) is 46.5 Å². The van der Waals surface area contributed by atoms with E-state index in [9.17, 15) is 23.1 Å². The standard InChI is InChI=1S/C14H20F3N7O2S/c1-4-7-24(11(18)14(15,16)17)12(19)21-20-8-9(25)22(5-2)13(27)23(6-3)10(8)26/h18-19,25H,4-7H2,1-3H3. The molecule has 0 bridgehead atoms. The number of nitrogens with zero attached hydrogens (tertiary/aromatic N) is 5. The predicted molar refractivity (Wildman–Crippen MR) is 95.6 cm³/mol. The summed E-state index contributed by atoms with van der Waals surface area (Å²) >= 11 is 5.10. The highest BCUT2D eigenvalue weighted by atomic mass is 32.1. The lowest BCUT2D eigenvalue weighted by atomic mass is 10.4. The van der Waals surface area contributed by atoms with Gasteiger partial charge in [0.25, 0.3) is 5.56 Å². The molecular formula is C14H20F3N7O2S. The van der Waals surface area contributed by atoms with Crippen LogP contribution in [0.4, 0.5) is 18.9 Å². The highest BCUT2D eigenvalue weighted by Crippen LogP contribution is 2.24. The van der Waals surface area contributed by atoms with Crippen molar-refractivity contribution in [2.75, 3.05) is 6.54 Å². The topological polar surface area (TPSA) is 123 Å². The Labute approximate surface area is 157 Å². The molecule has 0 aromatic carbocycles. The SMILES string of the molecule is CCCN(C(=N)N=Nc1c(O)n(CC)c(=S)n(CC)c1=O)C(=N)C(F)(F)F. The molecule has 13 heteroatoms. The summed E-state index contributed by atoms with van der Waals surface area (Å²) in [6.07, 6.45) is -4.76. The summed E-state index contributed by atoms with van der Waals surface area (Å²) in [6.45, 7) is 4.98. The molecule has 0 radical (unpaired) electrons. The van der Waals surface area contributed by atoms with Gasteiger partial charge in [0.05, 0.1) is 0 Å². The van der Waals surface area contributed by atoms with Crippen LogP contribution in [0.2, 0.25) is 0 Å². The van der Waals surface area contributed by atoms with Crippen LogP contribution in [-0.2, 0) is 13.1 Å². The predicted octanol–water partition coefficient (Wildman–Crippen LogP) is 3.39. The van der Waals surface area contributed by atoms with Crippen molar-refractivity contribution in [3.05, 3.63) is 15.1 Å². The molecule has 3 N–H and O–H groups in total. The first-order valence-corrected chi connectivity index (χ1v) is 8.42. The first-order chi connectivity index (χ1) is 12.5. The molecule has 0 aliphatic rings. The summed E-state index contributed by atoms with van der Waals surface area (Å²) in [6, 6.07) is 0. The van der Waals surface area contributed by atoms with Crippen LogP contribution in [0.1, 0.15) is 27.2 Å². The molecule has 1 aromatic rings. The van der Waals surface area contributed by atoms with Crippen molar-refractivity contribution in [1.29, 1.82) is 10.8 Å². The van der Waals surface area contributed by atoms with Gasteiger partial charge in [-0.1, -0.05) is 6.92 Å². The molecule has 1 rings (SSSR count). The first kappa shape index (κ1) is 22.5. The van der Waals surface area contributed by atoms with Gasteiger partial charge in [0.15, 0.2) is 4.77 Å². The number of alkyl halides is 3. The lowest BCUT2D eigenvalue weighted by molar-refractivity contribution is -0.0670. The van der Waals surface area contributed by atoms with E-state index in [2.05, 4.69) is 10.2 Å². The molecule has 9 nitrogen and oxygen atoms in total. The third kappa shape index (κ3) is 4.78. The van der Waals surface area contributed by atoms with Crippen LogP contribution in [0.25, 0.3) is 0 Å².